The predicted octanol–water partition coefficient (Wildman–Crippen LogP) is 3.95. The molecule has 13 heavy (non-hydrogen) atoms. The smallest absolute Gasteiger partial charge is 0.0576 e. The van der Waals surface area contributed by atoms with Gasteiger partial charge in [0.25, 0.3) is 0 Å². The van der Waals surface area contributed by atoms with Crippen molar-refractivity contribution in [2.45, 2.75) is 52.9 Å². The summed E-state index contributed by atoms with van der Waals surface area (Å²) in [5, 5.41) is 0. The molecule has 0 bridgehead atoms. The van der Waals surface area contributed by atoms with Crippen LogP contribution in [0.4, 0.5) is 0 Å². The maximum absolute atomic E-state index is 4.52. The van der Waals surface area contributed by atoms with Gasteiger partial charge in [0.1, 0.15) is 0 Å². The Morgan fingerprint density at radius 1 is 1.15 bits per heavy atom. The fourth-order valence-electron chi connectivity index (χ4n) is 1.63. The number of hydrogen-bond acceptors (Lipinski definition) is 2. The first kappa shape index (κ1) is 10.7. The molecule has 0 unspecified atom stereocenters. The van der Waals surface area contributed by atoms with Crippen LogP contribution in [0.25, 0.3) is 0 Å². The molecule has 0 radical (unpaired) electrons. The van der Waals surface area contributed by atoms with Crippen molar-refractivity contribution in [2.75, 3.05) is 0 Å². The van der Waals surface area contributed by atoms with E-state index >= 15 is 0 Å². The zero-order valence-corrected chi connectivity index (χ0v) is 10.0. The van der Waals surface area contributed by atoms with Crippen molar-refractivity contribution < 1.29 is 0 Å². The van der Waals surface area contributed by atoms with Crippen LogP contribution in [0, 0.1) is 0 Å². The lowest BCUT2D eigenvalue weighted by atomic mass is 9.96. The summed E-state index contributed by atoms with van der Waals surface area (Å²) >= 11 is 1.69. The SMILES string of the molecule is CCc1nsc(C(C)C)c1C(C)C. The Morgan fingerprint density at radius 2 is 1.77 bits per heavy atom. The first-order chi connectivity index (χ1) is 6.07. The second-order valence-electron chi connectivity index (χ2n) is 4.07. The lowest BCUT2D eigenvalue weighted by Gasteiger charge is -2.10. The highest BCUT2D eigenvalue weighted by Crippen LogP contribution is 2.32. The normalized spacial score (nSPS) is 11.6. The Bertz CT molecular complexity index is 274. The van der Waals surface area contributed by atoms with Crippen molar-refractivity contribution in [3.8, 4) is 0 Å². The van der Waals surface area contributed by atoms with E-state index in [9.17, 15) is 0 Å². The summed E-state index contributed by atoms with van der Waals surface area (Å²) < 4.78 is 4.52. The third kappa shape index (κ3) is 2.11. The van der Waals surface area contributed by atoms with Crippen molar-refractivity contribution in [3.05, 3.63) is 16.1 Å². The molecule has 0 spiro atoms. The van der Waals surface area contributed by atoms with Crippen LogP contribution in [0.2, 0.25) is 0 Å². The van der Waals surface area contributed by atoms with Crippen molar-refractivity contribution in [2.24, 2.45) is 0 Å². The first-order valence-corrected chi connectivity index (χ1v) is 5.83. The lowest BCUT2D eigenvalue weighted by molar-refractivity contribution is 0.792. The van der Waals surface area contributed by atoms with Crippen molar-refractivity contribution >= 4 is 11.5 Å². The molecule has 0 saturated carbocycles. The van der Waals surface area contributed by atoms with Crippen LogP contribution < -0.4 is 0 Å². The van der Waals surface area contributed by atoms with Gasteiger partial charge in [0, 0.05) is 4.88 Å². The molecule has 0 aromatic carbocycles. The molecule has 2 heteroatoms. The largest absolute Gasteiger partial charge is 0.197 e. The molecule has 1 aromatic rings. The highest BCUT2D eigenvalue weighted by molar-refractivity contribution is 7.06. The van der Waals surface area contributed by atoms with E-state index in [-0.39, 0.29) is 0 Å². The Kier molecular flexibility index (Phi) is 3.48. The van der Waals surface area contributed by atoms with Gasteiger partial charge in [-0.15, -0.1) is 0 Å². The van der Waals surface area contributed by atoms with Gasteiger partial charge >= 0.3 is 0 Å². The highest BCUT2D eigenvalue weighted by Gasteiger charge is 2.17. The number of nitrogens with zero attached hydrogens (tertiary/aromatic N) is 1. The summed E-state index contributed by atoms with van der Waals surface area (Å²) in [6.07, 6.45) is 1.07. The monoisotopic (exact) mass is 197 g/mol. The van der Waals surface area contributed by atoms with Crippen LogP contribution >= 0.6 is 11.5 Å². The van der Waals surface area contributed by atoms with Crippen LogP contribution in [-0.4, -0.2) is 4.37 Å². The van der Waals surface area contributed by atoms with Gasteiger partial charge in [-0.1, -0.05) is 34.6 Å². The van der Waals surface area contributed by atoms with Crippen LogP contribution in [0.1, 0.15) is 62.6 Å². The fourth-order valence-corrected chi connectivity index (χ4v) is 2.73. The summed E-state index contributed by atoms with van der Waals surface area (Å²) in [6, 6.07) is 0. The van der Waals surface area contributed by atoms with Crippen LogP contribution in [0.5, 0.6) is 0 Å². The molecule has 0 aliphatic heterocycles. The van der Waals surface area contributed by atoms with E-state index in [1.807, 2.05) is 0 Å². The fraction of sp³-hybridized carbons (Fsp3) is 0.727. The number of rotatable bonds is 3. The average Bonchev–Trinajstić information content (AvgIpc) is 2.46. The van der Waals surface area contributed by atoms with E-state index in [1.165, 1.54) is 16.1 Å². The molecule has 1 aromatic heterocycles. The van der Waals surface area contributed by atoms with Gasteiger partial charge in [-0.05, 0) is 35.4 Å². The van der Waals surface area contributed by atoms with E-state index in [0.717, 1.165) is 6.42 Å². The highest BCUT2D eigenvalue weighted by atomic mass is 32.1. The van der Waals surface area contributed by atoms with Crippen molar-refractivity contribution in [1.29, 1.82) is 0 Å². The maximum atomic E-state index is 4.52. The zero-order chi connectivity index (χ0) is 10.0. The van der Waals surface area contributed by atoms with E-state index < -0.39 is 0 Å². The summed E-state index contributed by atoms with van der Waals surface area (Å²) in [5.74, 6) is 1.24. The first-order valence-electron chi connectivity index (χ1n) is 5.06. The lowest BCUT2D eigenvalue weighted by Crippen LogP contribution is -1.97. The van der Waals surface area contributed by atoms with Gasteiger partial charge in [0.2, 0.25) is 0 Å². The second kappa shape index (κ2) is 4.23. The molecule has 1 heterocycles. The van der Waals surface area contributed by atoms with Gasteiger partial charge < -0.3 is 0 Å². The summed E-state index contributed by atoms with van der Waals surface area (Å²) in [5.41, 5.74) is 2.81. The molecule has 0 saturated heterocycles. The van der Waals surface area contributed by atoms with Crippen LogP contribution in [0.15, 0.2) is 0 Å². The molecule has 1 rings (SSSR count). The second-order valence-corrected chi connectivity index (χ2v) is 4.88. The van der Waals surface area contributed by atoms with Crippen molar-refractivity contribution in [3.63, 3.8) is 0 Å². The Labute approximate surface area is 85.4 Å². The van der Waals surface area contributed by atoms with Gasteiger partial charge in [0.05, 0.1) is 5.69 Å². The van der Waals surface area contributed by atoms with Gasteiger partial charge in [-0.3, -0.25) is 0 Å². The zero-order valence-electron chi connectivity index (χ0n) is 9.22. The van der Waals surface area contributed by atoms with Gasteiger partial charge in [0.15, 0.2) is 0 Å². The average molecular weight is 197 g/mol. The molecule has 0 fully saturated rings. The Balaban J connectivity index is 3.14. The van der Waals surface area contributed by atoms with E-state index in [1.54, 1.807) is 11.5 Å². The Morgan fingerprint density at radius 3 is 2.15 bits per heavy atom. The van der Waals surface area contributed by atoms with E-state index in [4.69, 9.17) is 0 Å². The molecule has 74 valence electrons. The van der Waals surface area contributed by atoms with Gasteiger partial charge in [-0.2, -0.15) is 4.37 Å². The third-order valence-corrected chi connectivity index (χ3v) is 3.47. The van der Waals surface area contributed by atoms with Crippen LogP contribution in [-0.2, 0) is 6.42 Å². The van der Waals surface area contributed by atoms with Gasteiger partial charge in [-0.25, -0.2) is 0 Å². The third-order valence-electron chi connectivity index (χ3n) is 2.27. The Hall–Kier alpha value is -0.370. The summed E-state index contributed by atoms with van der Waals surface area (Å²) in [7, 11) is 0. The molecular formula is C11H19NS. The predicted molar refractivity (Wildman–Crippen MR) is 59.7 cm³/mol. The van der Waals surface area contributed by atoms with E-state index in [0.29, 0.717) is 11.8 Å². The minimum Gasteiger partial charge on any atom is -0.197 e. The number of aryl methyl sites for hydroxylation is 1. The molecule has 0 atom stereocenters. The minimum absolute atomic E-state index is 0.617. The summed E-state index contributed by atoms with van der Waals surface area (Å²) in [4.78, 5) is 1.48. The molecule has 0 amide bonds. The minimum atomic E-state index is 0.617. The topological polar surface area (TPSA) is 12.9 Å². The number of aromatic nitrogens is 1. The molecule has 0 aliphatic rings. The summed E-state index contributed by atoms with van der Waals surface area (Å²) in [6.45, 7) is 11.2. The van der Waals surface area contributed by atoms with Crippen molar-refractivity contribution in [1.82, 2.24) is 4.37 Å². The standard InChI is InChI=1S/C11H19NS/c1-6-9-10(7(2)3)11(8(4)5)13-12-9/h7-8H,6H2,1-5H3. The quantitative estimate of drug-likeness (QED) is 0.715. The maximum Gasteiger partial charge on any atom is 0.0576 e. The molecule has 0 aliphatic carbocycles. The molecule has 1 nitrogen and oxygen atoms in total. The molecular weight excluding hydrogens is 178 g/mol. The van der Waals surface area contributed by atoms with E-state index in [2.05, 4.69) is 39.0 Å². The van der Waals surface area contributed by atoms with Crippen LogP contribution in [0.3, 0.4) is 0 Å². The molecule has 0 N–H and O–H groups in total. The number of hydrogen-bond donors (Lipinski definition) is 0.